The zero-order chi connectivity index (χ0) is 17.9. The van der Waals surface area contributed by atoms with Crippen LogP contribution in [0.25, 0.3) is 10.9 Å². The number of fused-ring (bicyclic) bond motifs is 1. The van der Waals surface area contributed by atoms with Gasteiger partial charge >= 0.3 is 0 Å². The zero-order valence-corrected chi connectivity index (χ0v) is 15.8. The summed E-state index contributed by atoms with van der Waals surface area (Å²) in [4.78, 5) is 19.2. The van der Waals surface area contributed by atoms with Crippen LogP contribution < -0.4 is 4.74 Å². The van der Waals surface area contributed by atoms with Gasteiger partial charge < -0.3 is 14.6 Å². The Morgan fingerprint density at radius 1 is 1.27 bits per heavy atom. The Labute approximate surface area is 154 Å². The molecule has 2 aliphatic carbocycles. The molecule has 1 saturated heterocycles. The summed E-state index contributed by atoms with van der Waals surface area (Å²) in [5.74, 6) is 3.17. The molecular formula is C22H28N2O2. The fourth-order valence-electron chi connectivity index (χ4n) is 5.71. The normalized spacial score (nSPS) is 31.2. The van der Waals surface area contributed by atoms with E-state index in [2.05, 4.69) is 16.8 Å². The van der Waals surface area contributed by atoms with Crippen molar-refractivity contribution in [2.24, 2.45) is 17.8 Å². The minimum absolute atomic E-state index is 0.0890. The molecule has 1 spiro atoms. The SMILES string of the molecule is COc1cccc2[nH]c(C(=O)N3CC(C4CC4)CC34CCCC4C)cc12. The maximum atomic E-state index is 13.6. The quantitative estimate of drug-likeness (QED) is 0.877. The number of rotatable bonds is 3. The summed E-state index contributed by atoms with van der Waals surface area (Å²) in [6.45, 7) is 3.30. The number of carbonyl (C=O) groups excluding carboxylic acids is 1. The highest BCUT2D eigenvalue weighted by molar-refractivity contribution is 6.00. The molecule has 3 fully saturated rings. The Morgan fingerprint density at radius 2 is 2.12 bits per heavy atom. The highest BCUT2D eigenvalue weighted by Crippen LogP contribution is 2.54. The van der Waals surface area contributed by atoms with Gasteiger partial charge in [-0.05, 0) is 68.1 Å². The predicted octanol–water partition coefficient (Wildman–Crippen LogP) is 4.61. The number of aromatic nitrogens is 1. The highest BCUT2D eigenvalue weighted by atomic mass is 16.5. The maximum Gasteiger partial charge on any atom is 0.270 e. The number of aromatic amines is 1. The predicted molar refractivity (Wildman–Crippen MR) is 102 cm³/mol. The smallest absolute Gasteiger partial charge is 0.270 e. The van der Waals surface area contributed by atoms with Crippen molar-refractivity contribution >= 4 is 16.8 Å². The third-order valence-electron chi connectivity index (χ3n) is 7.34. The van der Waals surface area contributed by atoms with E-state index < -0.39 is 0 Å². The van der Waals surface area contributed by atoms with E-state index >= 15 is 0 Å². The van der Waals surface area contributed by atoms with Crippen molar-refractivity contribution in [2.75, 3.05) is 13.7 Å². The van der Waals surface area contributed by atoms with Gasteiger partial charge in [-0.2, -0.15) is 0 Å². The van der Waals surface area contributed by atoms with Crippen LogP contribution in [-0.2, 0) is 0 Å². The Hall–Kier alpha value is -1.97. The van der Waals surface area contributed by atoms with Crippen LogP contribution in [0.2, 0.25) is 0 Å². The van der Waals surface area contributed by atoms with Gasteiger partial charge in [0.05, 0.1) is 7.11 Å². The van der Waals surface area contributed by atoms with Gasteiger partial charge in [0.2, 0.25) is 0 Å². The summed E-state index contributed by atoms with van der Waals surface area (Å²) < 4.78 is 5.47. The largest absolute Gasteiger partial charge is 0.496 e. The van der Waals surface area contributed by atoms with E-state index in [0.717, 1.165) is 29.1 Å². The summed E-state index contributed by atoms with van der Waals surface area (Å²) in [7, 11) is 1.68. The topological polar surface area (TPSA) is 45.3 Å². The first-order valence-corrected chi connectivity index (χ1v) is 10.1. The van der Waals surface area contributed by atoms with Gasteiger partial charge in [-0.3, -0.25) is 4.79 Å². The molecule has 26 heavy (non-hydrogen) atoms. The Kier molecular flexibility index (Phi) is 3.60. The molecule has 4 nitrogen and oxygen atoms in total. The lowest BCUT2D eigenvalue weighted by atomic mass is 9.82. The summed E-state index contributed by atoms with van der Waals surface area (Å²) in [6.07, 6.45) is 7.62. The molecule has 138 valence electrons. The van der Waals surface area contributed by atoms with Gasteiger partial charge in [0, 0.05) is 23.0 Å². The first kappa shape index (κ1) is 16.2. The van der Waals surface area contributed by atoms with Crippen molar-refractivity contribution in [3.05, 3.63) is 30.0 Å². The number of likely N-dealkylation sites (tertiary alicyclic amines) is 1. The molecule has 3 atom stereocenters. The van der Waals surface area contributed by atoms with Crippen LogP contribution in [0.1, 0.15) is 55.9 Å². The molecule has 3 unspecified atom stereocenters. The number of nitrogens with one attached hydrogen (secondary N) is 1. The first-order valence-electron chi connectivity index (χ1n) is 10.1. The number of methoxy groups -OCH3 is 1. The average molecular weight is 352 g/mol. The second-order valence-corrected chi connectivity index (χ2v) is 8.72. The van der Waals surface area contributed by atoms with Crippen LogP contribution in [-0.4, -0.2) is 35.0 Å². The summed E-state index contributed by atoms with van der Waals surface area (Å²) in [5.41, 5.74) is 1.77. The number of carbonyl (C=O) groups is 1. The molecule has 3 aliphatic rings. The van der Waals surface area contributed by atoms with Crippen molar-refractivity contribution < 1.29 is 9.53 Å². The molecule has 0 radical (unpaired) electrons. The fourth-order valence-corrected chi connectivity index (χ4v) is 5.71. The van der Waals surface area contributed by atoms with Gasteiger partial charge in [0.25, 0.3) is 5.91 Å². The molecule has 1 amide bonds. The lowest BCUT2D eigenvalue weighted by molar-refractivity contribution is 0.0513. The van der Waals surface area contributed by atoms with Crippen LogP contribution in [0.15, 0.2) is 24.3 Å². The van der Waals surface area contributed by atoms with Crippen LogP contribution >= 0.6 is 0 Å². The molecule has 5 rings (SSSR count). The molecule has 1 N–H and O–H groups in total. The van der Waals surface area contributed by atoms with E-state index in [9.17, 15) is 4.79 Å². The summed E-state index contributed by atoms with van der Waals surface area (Å²) in [6, 6.07) is 7.91. The molecule has 2 saturated carbocycles. The zero-order valence-electron chi connectivity index (χ0n) is 15.8. The number of ether oxygens (including phenoxy) is 1. The minimum Gasteiger partial charge on any atom is -0.496 e. The van der Waals surface area contributed by atoms with Gasteiger partial charge in [-0.25, -0.2) is 0 Å². The summed E-state index contributed by atoms with van der Waals surface area (Å²) in [5, 5.41) is 0.991. The second-order valence-electron chi connectivity index (χ2n) is 8.72. The monoisotopic (exact) mass is 352 g/mol. The summed E-state index contributed by atoms with van der Waals surface area (Å²) >= 11 is 0. The van der Waals surface area contributed by atoms with Crippen molar-refractivity contribution in [3.8, 4) is 5.75 Å². The minimum atomic E-state index is 0.0890. The lowest BCUT2D eigenvalue weighted by Crippen LogP contribution is -2.49. The van der Waals surface area contributed by atoms with E-state index in [-0.39, 0.29) is 11.4 Å². The van der Waals surface area contributed by atoms with E-state index in [4.69, 9.17) is 4.74 Å². The fraction of sp³-hybridized carbons (Fsp3) is 0.591. The Bertz CT molecular complexity index is 853. The Morgan fingerprint density at radius 3 is 2.81 bits per heavy atom. The van der Waals surface area contributed by atoms with E-state index in [1.54, 1.807) is 7.11 Å². The number of H-pyrrole nitrogens is 1. The number of hydrogen-bond acceptors (Lipinski definition) is 2. The maximum absolute atomic E-state index is 13.6. The van der Waals surface area contributed by atoms with Crippen LogP contribution in [0.4, 0.5) is 0 Å². The number of nitrogens with zero attached hydrogens (tertiary/aromatic N) is 1. The lowest BCUT2D eigenvalue weighted by Gasteiger charge is -2.39. The molecule has 2 heterocycles. The van der Waals surface area contributed by atoms with Crippen LogP contribution in [0, 0.1) is 17.8 Å². The van der Waals surface area contributed by atoms with Gasteiger partial charge in [0.15, 0.2) is 0 Å². The highest BCUT2D eigenvalue weighted by Gasteiger charge is 2.55. The van der Waals surface area contributed by atoms with E-state index in [0.29, 0.717) is 17.5 Å². The van der Waals surface area contributed by atoms with E-state index in [1.807, 2.05) is 24.3 Å². The van der Waals surface area contributed by atoms with Crippen LogP contribution in [0.3, 0.4) is 0 Å². The molecule has 1 aromatic heterocycles. The third kappa shape index (κ3) is 2.30. The molecule has 4 heteroatoms. The van der Waals surface area contributed by atoms with E-state index in [1.165, 1.54) is 38.5 Å². The standard InChI is InChI=1S/C22H28N2O2/c1-14-5-4-10-22(14)12-16(15-8-9-15)13-24(22)21(25)19-11-17-18(23-19)6-3-7-20(17)26-2/h3,6-7,11,14-16,23H,4-5,8-10,12-13H2,1-2H3. The number of benzene rings is 1. The molecule has 1 aliphatic heterocycles. The Balaban J connectivity index is 1.52. The average Bonchev–Trinajstić information content (AvgIpc) is 3.13. The molecular weight excluding hydrogens is 324 g/mol. The molecule has 1 aromatic carbocycles. The molecule has 0 bridgehead atoms. The number of amides is 1. The molecule has 2 aromatic rings. The first-order chi connectivity index (χ1) is 12.6. The third-order valence-corrected chi connectivity index (χ3v) is 7.34. The van der Waals surface area contributed by atoms with Gasteiger partial charge in [-0.15, -0.1) is 0 Å². The van der Waals surface area contributed by atoms with Crippen molar-refractivity contribution in [3.63, 3.8) is 0 Å². The van der Waals surface area contributed by atoms with Gasteiger partial charge in [-0.1, -0.05) is 19.4 Å². The number of hydrogen-bond donors (Lipinski definition) is 1. The van der Waals surface area contributed by atoms with Crippen molar-refractivity contribution in [1.82, 2.24) is 9.88 Å². The second kappa shape index (κ2) is 5.77. The van der Waals surface area contributed by atoms with Crippen molar-refractivity contribution in [2.45, 2.75) is 51.0 Å². The van der Waals surface area contributed by atoms with Gasteiger partial charge in [0.1, 0.15) is 11.4 Å². The van der Waals surface area contributed by atoms with Crippen LogP contribution in [0.5, 0.6) is 5.75 Å². The van der Waals surface area contributed by atoms with Crippen molar-refractivity contribution in [1.29, 1.82) is 0 Å².